The van der Waals surface area contributed by atoms with Gasteiger partial charge in [-0.05, 0) is 62.2 Å². The van der Waals surface area contributed by atoms with E-state index in [4.69, 9.17) is 16.3 Å². The van der Waals surface area contributed by atoms with Crippen molar-refractivity contribution in [1.29, 1.82) is 0 Å². The second-order valence-electron chi connectivity index (χ2n) is 10.1. The van der Waals surface area contributed by atoms with Crippen LogP contribution in [-0.2, 0) is 19.5 Å². The molecule has 0 spiro atoms. The number of aromatic amines is 1. The van der Waals surface area contributed by atoms with Gasteiger partial charge in [0.2, 0.25) is 0 Å². The summed E-state index contributed by atoms with van der Waals surface area (Å²) in [5.74, 6) is -0.0792. The molecule has 0 unspecified atom stereocenters. The lowest BCUT2D eigenvalue weighted by molar-refractivity contribution is 0.0684. The van der Waals surface area contributed by atoms with Gasteiger partial charge in [0.05, 0.1) is 22.8 Å². The van der Waals surface area contributed by atoms with Crippen molar-refractivity contribution in [2.75, 3.05) is 13.2 Å². The fourth-order valence-electron chi connectivity index (χ4n) is 5.87. The number of aromatic nitrogens is 3. The summed E-state index contributed by atoms with van der Waals surface area (Å²) in [6.45, 7) is 4.53. The molecule has 2 aromatic heterocycles. The van der Waals surface area contributed by atoms with Gasteiger partial charge >= 0.3 is 5.97 Å². The summed E-state index contributed by atoms with van der Waals surface area (Å²) in [6, 6.07) is 18.1. The van der Waals surface area contributed by atoms with Crippen LogP contribution in [0, 0.1) is 6.92 Å². The average molecular weight is 543 g/mol. The normalized spacial score (nSPS) is 13.8. The van der Waals surface area contributed by atoms with Gasteiger partial charge in [-0.1, -0.05) is 54.1 Å². The molecule has 0 amide bonds. The van der Waals surface area contributed by atoms with Gasteiger partial charge in [0, 0.05) is 40.7 Å². The number of nitrogens with one attached hydrogen (secondary N) is 2. The van der Waals surface area contributed by atoms with Gasteiger partial charge in [-0.15, -0.1) is 0 Å². The number of aryl methyl sites for hydroxylation is 3. The van der Waals surface area contributed by atoms with E-state index in [1.54, 1.807) is 0 Å². The maximum atomic E-state index is 12.8. The zero-order valence-electron chi connectivity index (χ0n) is 21.9. The van der Waals surface area contributed by atoms with Crippen molar-refractivity contribution in [2.24, 2.45) is 0 Å². The number of rotatable bonds is 6. The SMILES string of the molecule is Cc1[nH]nc2c1-c1c(Cl)ccc3c(CCCOc4cccc5ccccc45)c(C(=O)O)n(c13)CCCCNC2. The minimum atomic E-state index is -0.921. The third kappa shape index (κ3) is 4.66. The minimum Gasteiger partial charge on any atom is -0.493 e. The van der Waals surface area contributed by atoms with E-state index >= 15 is 0 Å². The van der Waals surface area contributed by atoms with Gasteiger partial charge in [-0.3, -0.25) is 5.10 Å². The van der Waals surface area contributed by atoms with E-state index in [1.165, 1.54) is 0 Å². The molecule has 39 heavy (non-hydrogen) atoms. The van der Waals surface area contributed by atoms with Crippen LogP contribution in [-0.4, -0.2) is 39.0 Å². The molecule has 0 bridgehead atoms. The van der Waals surface area contributed by atoms with Crippen LogP contribution >= 0.6 is 11.6 Å². The molecule has 0 atom stereocenters. The quantitative estimate of drug-likeness (QED) is 0.207. The van der Waals surface area contributed by atoms with Crippen molar-refractivity contribution in [3.63, 3.8) is 0 Å². The number of carboxylic acids is 1. The summed E-state index contributed by atoms with van der Waals surface area (Å²) in [7, 11) is 0. The highest BCUT2D eigenvalue weighted by Gasteiger charge is 2.28. The number of aromatic carboxylic acids is 1. The number of hydrogen-bond acceptors (Lipinski definition) is 4. The van der Waals surface area contributed by atoms with Gasteiger partial charge in [0.15, 0.2) is 0 Å². The Bertz CT molecular complexity index is 1680. The Kier molecular flexibility index (Phi) is 7.02. The van der Waals surface area contributed by atoms with Crippen LogP contribution < -0.4 is 10.1 Å². The number of carbonyl (C=O) groups is 1. The Balaban J connectivity index is 1.41. The van der Waals surface area contributed by atoms with E-state index < -0.39 is 5.97 Å². The van der Waals surface area contributed by atoms with Crippen molar-refractivity contribution in [3.05, 3.63) is 82.3 Å². The van der Waals surface area contributed by atoms with Crippen LogP contribution in [0.1, 0.15) is 46.7 Å². The highest BCUT2D eigenvalue weighted by Crippen LogP contribution is 2.42. The molecule has 3 N–H and O–H groups in total. The number of ether oxygens (including phenoxy) is 1. The fourth-order valence-corrected chi connectivity index (χ4v) is 6.12. The molecule has 8 heteroatoms. The van der Waals surface area contributed by atoms with Crippen LogP contribution in [0.5, 0.6) is 5.75 Å². The van der Waals surface area contributed by atoms with Crippen LogP contribution in [0.3, 0.4) is 0 Å². The molecular weight excluding hydrogens is 512 g/mol. The highest BCUT2D eigenvalue weighted by molar-refractivity contribution is 6.35. The third-order valence-corrected chi connectivity index (χ3v) is 7.92. The van der Waals surface area contributed by atoms with Gasteiger partial charge in [0.25, 0.3) is 0 Å². The topological polar surface area (TPSA) is 92.2 Å². The minimum absolute atomic E-state index is 0.341. The molecule has 200 valence electrons. The summed E-state index contributed by atoms with van der Waals surface area (Å²) >= 11 is 6.87. The molecule has 0 fully saturated rings. The van der Waals surface area contributed by atoms with Crippen molar-refractivity contribution in [3.8, 4) is 16.9 Å². The molecule has 6 rings (SSSR count). The molecular formula is C31H31ClN4O3. The molecule has 7 nitrogen and oxygen atoms in total. The first-order valence-corrected chi connectivity index (χ1v) is 13.8. The molecule has 1 aliphatic rings. The number of hydrogen-bond donors (Lipinski definition) is 3. The summed E-state index contributed by atoms with van der Waals surface area (Å²) in [6.07, 6.45) is 3.05. The molecule has 1 aliphatic heterocycles. The molecule has 0 saturated carbocycles. The summed E-state index contributed by atoms with van der Waals surface area (Å²) < 4.78 is 8.16. The second kappa shape index (κ2) is 10.8. The van der Waals surface area contributed by atoms with Crippen LogP contribution in [0.25, 0.3) is 32.8 Å². The van der Waals surface area contributed by atoms with E-state index in [0.29, 0.717) is 43.3 Å². The first-order valence-electron chi connectivity index (χ1n) is 13.5. The van der Waals surface area contributed by atoms with Crippen LogP contribution in [0.2, 0.25) is 5.02 Å². The van der Waals surface area contributed by atoms with E-state index in [9.17, 15) is 9.90 Å². The predicted molar refractivity (Wildman–Crippen MR) is 155 cm³/mol. The Hall–Kier alpha value is -3.81. The number of fused-ring (bicyclic) bond motifs is 3. The average Bonchev–Trinajstić information content (AvgIpc) is 3.44. The molecule has 0 radical (unpaired) electrons. The van der Waals surface area contributed by atoms with Crippen molar-refractivity contribution < 1.29 is 14.6 Å². The van der Waals surface area contributed by atoms with E-state index in [2.05, 4.69) is 33.7 Å². The van der Waals surface area contributed by atoms with Gasteiger partial charge in [0.1, 0.15) is 11.4 Å². The van der Waals surface area contributed by atoms with Crippen LogP contribution in [0.15, 0.2) is 54.6 Å². The number of halogens is 1. The maximum absolute atomic E-state index is 12.8. The number of H-pyrrole nitrogens is 1. The number of carboxylic acid groups (broad SMARTS) is 1. The van der Waals surface area contributed by atoms with Crippen molar-refractivity contribution >= 4 is 39.2 Å². The Labute approximate surface area is 231 Å². The summed E-state index contributed by atoms with van der Waals surface area (Å²) in [4.78, 5) is 12.8. The lowest BCUT2D eigenvalue weighted by atomic mass is 9.98. The van der Waals surface area contributed by atoms with E-state index in [1.807, 2.05) is 47.9 Å². The predicted octanol–water partition coefficient (Wildman–Crippen LogP) is 6.74. The van der Waals surface area contributed by atoms with E-state index in [0.717, 1.165) is 74.9 Å². The maximum Gasteiger partial charge on any atom is 0.352 e. The zero-order valence-corrected chi connectivity index (χ0v) is 22.6. The Morgan fingerprint density at radius 3 is 2.79 bits per heavy atom. The Morgan fingerprint density at radius 1 is 1.08 bits per heavy atom. The van der Waals surface area contributed by atoms with Gasteiger partial charge < -0.3 is 19.7 Å². The monoisotopic (exact) mass is 542 g/mol. The lowest BCUT2D eigenvalue weighted by Gasteiger charge is -2.13. The first-order chi connectivity index (χ1) is 19.0. The number of nitrogens with zero attached hydrogens (tertiary/aromatic N) is 2. The molecule has 0 saturated heterocycles. The van der Waals surface area contributed by atoms with Crippen molar-refractivity contribution in [2.45, 2.75) is 45.7 Å². The standard InChI is InChI=1S/C31H31ClN4O3/c1-19-27-25(35-34-19)18-33-15-4-5-16-36-29-23(13-14-24(32)28(27)29)22(30(36)31(37)38)11-7-17-39-26-12-6-9-20-8-2-3-10-21(20)26/h2-3,6,8-10,12-14,33H,4-5,7,11,15-18H2,1H3,(H,34,35)(H,37,38). The smallest absolute Gasteiger partial charge is 0.352 e. The number of benzene rings is 3. The fraction of sp³-hybridized carbons (Fsp3) is 0.290. The molecule has 3 aromatic carbocycles. The molecule has 3 heterocycles. The third-order valence-electron chi connectivity index (χ3n) is 7.61. The second-order valence-corrected chi connectivity index (χ2v) is 10.5. The highest BCUT2D eigenvalue weighted by atomic mass is 35.5. The summed E-state index contributed by atoms with van der Waals surface area (Å²) in [5.41, 5.74) is 5.64. The van der Waals surface area contributed by atoms with Crippen molar-refractivity contribution in [1.82, 2.24) is 20.1 Å². The Morgan fingerprint density at radius 2 is 1.92 bits per heavy atom. The van der Waals surface area contributed by atoms with Gasteiger partial charge in [-0.2, -0.15) is 5.10 Å². The molecule has 5 aromatic rings. The van der Waals surface area contributed by atoms with Gasteiger partial charge in [-0.25, -0.2) is 4.79 Å². The summed E-state index contributed by atoms with van der Waals surface area (Å²) in [5, 5.41) is 25.3. The van der Waals surface area contributed by atoms with Crippen LogP contribution in [0.4, 0.5) is 0 Å². The lowest BCUT2D eigenvalue weighted by Crippen LogP contribution is -2.16. The van der Waals surface area contributed by atoms with E-state index in [-0.39, 0.29) is 0 Å². The largest absolute Gasteiger partial charge is 0.493 e. The zero-order chi connectivity index (χ0) is 26.9. The molecule has 0 aliphatic carbocycles. The first kappa shape index (κ1) is 25.5.